The van der Waals surface area contributed by atoms with E-state index in [9.17, 15) is 14.9 Å². The van der Waals surface area contributed by atoms with Gasteiger partial charge in [0.1, 0.15) is 0 Å². The summed E-state index contributed by atoms with van der Waals surface area (Å²) in [7, 11) is 0. The van der Waals surface area contributed by atoms with Crippen LogP contribution in [0.1, 0.15) is 17.3 Å². The number of nitro groups is 1. The monoisotopic (exact) mass is 369 g/mol. The molecule has 0 fully saturated rings. The lowest BCUT2D eigenvalue weighted by atomic mass is 10.1. The average Bonchev–Trinajstić information content (AvgIpc) is 2.07. The minimum absolute atomic E-state index is 0.0283. The molecule has 1 aromatic carbocycles. The van der Waals surface area contributed by atoms with E-state index in [1.54, 1.807) is 0 Å². The highest BCUT2D eigenvalue weighted by atomic mass is 127. The minimum atomic E-state index is -0.490. The van der Waals surface area contributed by atoms with Crippen molar-refractivity contribution in [1.82, 2.24) is 0 Å². The number of hydrogen-bond acceptors (Lipinski definition) is 3. The van der Waals surface area contributed by atoms with Crippen LogP contribution in [0, 0.1) is 13.7 Å². The van der Waals surface area contributed by atoms with Gasteiger partial charge in [0.2, 0.25) is 0 Å². The Labute approximate surface area is 102 Å². The summed E-state index contributed by atoms with van der Waals surface area (Å²) >= 11 is 4.96. The van der Waals surface area contributed by atoms with Crippen LogP contribution in [-0.2, 0) is 0 Å². The molecule has 0 N–H and O–H groups in total. The lowest BCUT2D eigenvalue weighted by Gasteiger charge is -2.01. The van der Waals surface area contributed by atoms with Crippen molar-refractivity contribution in [2.45, 2.75) is 6.92 Å². The summed E-state index contributed by atoms with van der Waals surface area (Å²) in [6.07, 6.45) is 0. The van der Waals surface area contributed by atoms with Crippen LogP contribution < -0.4 is 0 Å². The first kappa shape index (κ1) is 11.6. The van der Waals surface area contributed by atoms with E-state index in [0.29, 0.717) is 13.6 Å². The third-order valence-electron chi connectivity index (χ3n) is 1.61. The Kier molecular flexibility index (Phi) is 3.59. The van der Waals surface area contributed by atoms with Crippen LogP contribution in [0.3, 0.4) is 0 Å². The Balaban J connectivity index is 3.38. The molecule has 0 amide bonds. The first-order valence-corrected chi connectivity index (χ1v) is 5.45. The zero-order valence-electron chi connectivity index (χ0n) is 7.08. The molecule has 0 aliphatic carbocycles. The summed E-state index contributed by atoms with van der Waals surface area (Å²) in [6, 6.07) is 2.85. The van der Waals surface area contributed by atoms with Crippen LogP contribution in [0.25, 0.3) is 0 Å². The quantitative estimate of drug-likeness (QED) is 0.348. The molecule has 0 aromatic heterocycles. The molecule has 0 atom stereocenters. The second-order valence-corrected chi connectivity index (χ2v) is 4.61. The lowest BCUT2D eigenvalue weighted by molar-refractivity contribution is -0.385. The SMILES string of the molecule is CC(=O)c1cc(Br)c([N+](=O)[O-])cc1I. The molecular formula is C8H5BrINO3. The van der Waals surface area contributed by atoms with Crippen molar-refractivity contribution in [2.24, 2.45) is 0 Å². The summed E-state index contributed by atoms with van der Waals surface area (Å²) in [5, 5.41) is 10.5. The summed E-state index contributed by atoms with van der Waals surface area (Å²) in [5.41, 5.74) is 0.461. The number of nitrogens with zero attached hydrogens (tertiary/aromatic N) is 1. The van der Waals surface area contributed by atoms with E-state index in [2.05, 4.69) is 15.9 Å². The molecule has 0 saturated carbocycles. The Morgan fingerprint density at radius 3 is 2.57 bits per heavy atom. The molecule has 0 heterocycles. The maximum Gasteiger partial charge on any atom is 0.284 e. The molecule has 0 unspecified atom stereocenters. The van der Waals surface area contributed by atoms with E-state index >= 15 is 0 Å². The topological polar surface area (TPSA) is 60.2 Å². The fourth-order valence-electron chi connectivity index (χ4n) is 0.946. The molecular weight excluding hydrogens is 365 g/mol. The number of rotatable bonds is 2. The van der Waals surface area contributed by atoms with Gasteiger partial charge in [0.05, 0.1) is 9.40 Å². The third kappa shape index (κ3) is 2.30. The molecule has 1 aromatic rings. The van der Waals surface area contributed by atoms with Gasteiger partial charge in [-0.2, -0.15) is 0 Å². The van der Waals surface area contributed by atoms with Gasteiger partial charge < -0.3 is 0 Å². The van der Waals surface area contributed by atoms with Crippen molar-refractivity contribution >= 4 is 50.0 Å². The maximum absolute atomic E-state index is 11.1. The van der Waals surface area contributed by atoms with Crippen LogP contribution in [-0.4, -0.2) is 10.7 Å². The van der Waals surface area contributed by atoms with Crippen LogP contribution in [0.4, 0.5) is 5.69 Å². The first-order valence-electron chi connectivity index (χ1n) is 3.58. The first-order chi connectivity index (χ1) is 6.43. The molecule has 0 spiro atoms. The number of Topliss-reactive ketones (excluding diaryl/α,β-unsaturated/α-hetero) is 1. The van der Waals surface area contributed by atoms with Gasteiger partial charge in [0, 0.05) is 15.2 Å². The van der Waals surface area contributed by atoms with Crippen molar-refractivity contribution in [3.05, 3.63) is 35.9 Å². The largest absolute Gasteiger partial charge is 0.294 e. The summed E-state index contributed by atoms with van der Waals surface area (Å²) < 4.78 is 0.915. The summed E-state index contributed by atoms with van der Waals surface area (Å²) in [4.78, 5) is 21.2. The highest BCUT2D eigenvalue weighted by Gasteiger charge is 2.16. The van der Waals surface area contributed by atoms with Crippen molar-refractivity contribution in [3.63, 3.8) is 0 Å². The van der Waals surface area contributed by atoms with Gasteiger partial charge >= 0.3 is 0 Å². The number of ketones is 1. The van der Waals surface area contributed by atoms with E-state index in [1.165, 1.54) is 19.1 Å². The molecule has 0 aliphatic heterocycles. The number of halogens is 2. The normalized spacial score (nSPS) is 9.93. The average molecular weight is 370 g/mol. The van der Waals surface area contributed by atoms with Crippen molar-refractivity contribution in [2.75, 3.05) is 0 Å². The molecule has 0 aliphatic rings. The van der Waals surface area contributed by atoms with Crippen LogP contribution in [0.2, 0.25) is 0 Å². The number of carbonyl (C=O) groups excluding carboxylic acids is 1. The molecule has 14 heavy (non-hydrogen) atoms. The third-order valence-corrected chi connectivity index (χ3v) is 3.14. The molecule has 4 nitrogen and oxygen atoms in total. The van der Waals surface area contributed by atoms with E-state index in [1.807, 2.05) is 22.6 Å². The Morgan fingerprint density at radius 1 is 1.57 bits per heavy atom. The second kappa shape index (κ2) is 4.35. The number of benzene rings is 1. The number of hydrogen-bond donors (Lipinski definition) is 0. The van der Waals surface area contributed by atoms with E-state index in [0.717, 1.165) is 0 Å². The Morgan fingerprint density at radius 2 is 2.14 bits per heavy atom. The number of nitro benzene ring substituents is 1. The Bertz CT molecular complexity index is 380. The smallest absolute Gasteiger partial charge is 0.284 e. The zero-order valence-corrected chi connectivity index (χ0v) is 10.8. The highest BCUT2D eigenvalue weighted by molar-refractivity contribution is 14.1. The molecule has 0 radical (unpaired) electrons. The van der Waals surface area contributed by atoms with Crippen LogP contribution in [0.5, 0.6) is 0 Å². The molecule has 0 bridgehead atoms. The molecule has 1 rings (SSSR count). The van der Waals surface area contributed by atoms with E-state index < -0.39 is 4.92 Å². The van der Waals surface area contributed by atoms with Gasteiger partial charge in [0.25, 0.3) is 5.69 Å². The van der Waals surface area contributed by atoms with E-state index in [4.69, 9.17) is 0 Å². The molecule has 74 valence electrons. The fourth-order valence-corrected chi connectivity index (χ4v) is 2.26. The predicted molar refractivity (Wildman–Crippen MR) is 63.5 cm³/mol. The highest BCUT2D eigenvalue weighted by Crippen LogP contribution is 2.29. The van der Waals surface area contributed by atoms with Crippen molar-refractivity contribution in [1.29, 1.82) is 0 Å². The van der Waals surface area contributed by atoms with Crippen LogP contribution >= 0.6 is 38.5 Å². The fraction of sp³-hybridized carbons (Fsp3) is 0.125. The maximum atomic E-state index is 11.1. The van der Waals surface area contributed by atoms with Crippen molar-refractivity contribution in [3.8, 4) is 0 Å². The molecule has 6 heteroatoms. The predicted octanol–water partition coefficient (Wildman–Crippen LogP) is 3.16. The van der Waals surface area contributed by atoms with Gasteiger partial charge in [0.15, 0.2) is 5.78 Å². The zero-order chi connectivity index (χ0) is 10.9. The summed E-state index contributed by atoms with van der Waals surface area (Å²) in [5.74, 6) is -0.106. The lowest BCUT2D eigenvalue weighted by Crippen LogP contribution is -1.99. The van der Waals surface area contributed by atoms with Crippen molar-refractivity contribution < 1.29 is 9.72 Å². The second-order valence-electron chi connectivity index (χ2n) is 2.60. The Hall–Kier alpha value is -0.500. The van der Waals surface area contributed by atoms with Gasteiger partial charge in [-0.3, -0.25) is 14.9 Å². The van der Waals surface area contributed by atoms with Gasteiger partial charge in [-0.1, -0.05) is 0 Å². The minimum Gasteiger partial charge on any atom is -0.294 e. The van der Waals surface area contributed by atoms with Gasteiger partial charge in [-0.15, -0.1) is 0 Å². The van der Waals surface area contributed by atoms with E-state index in [-0.39, 0.29) is 11.5 Å². The van der Waals surface area contributed by atoms with Crippen LogP contribution in [0.15, 0.2) is 16.6 Å². The summed E-state index contributed by atoms with van der Waals surface area (Å²) in [6.45, 7) is 1.43. The van der Waals surface area contributed by atoms with Gasteiger partial charge in [-0.05, 0) is 51.5 Å². The van der Waals surface area contributed by atoms with Gasteiger partial charge in [-0.25, -0.2) is 0 Å². The number of carbonyl (C=O) groups is 1. The molecule has 0 saturated heterocycles. The standard InChI is InChI=1S/C8H5BrINO3/c1-4(12)5-2-6(9)8(11(13)14)3-7(5)10/h2-3H,1H3.